The highest BCUT2D eigenvalue weighted by Gasteiger charge is 2.28. The van der Waals surface area contributed by atoms with E-state index in [-0.39, 0.29) is 11.9 Å². The van der Waals surface area contributed by atoms with Gasteiger partial charge in [-0.1, -0.05) is 78.9 Å². The first-order chi connectivity index (χ1) is 13.3. The fraction of sp³-hybridized carbons (Fsp3) is 0.208. The number of amides is 1. The molecule has 0 aromatic heterocycles. The van der Waals surface area contributed by atoms with Gasteiger partial charge in [-0.25, -0.2) is 0 Å². The normalized spacial score (nSPS) is 16.9. The van der Waals surface area contributed by atoms with Crippen LogP contribution in [0.5, 0.6) is 0 Å². The highest BCUT2D eigenvalue weighted by atomic mass is 16.2. The third-order valence-corrected chi connectivity index (χ3v) is 5.17. The number of nitrogens with zero attached hydrogens (tertiary/aromatic N) is 1. The van der Waals surface area contributed by atoms with Gasteiger partial charge in [0.2, 0.25) is 0 Å². The molecule has 1 heterocycles. The van der Waals surface area contributed by atoms with Gasteiger partial charge in [-0.15, -0.1) is 0 Å². The number of carbonyl (C=O) groups excluding carboxylic acids is 1. The minimum Gasteiger partial charge on any atom is -0.333 e. The molecule has 3 aromatic carbocycles. The van der Waals surface area contributed by atoms with Crippen LogP contribution in [0.4, 0.5) is 0 Å². The average Bonchev–Trinajstić information content (AvgIpc) is 2.75. The quantitative estimate of drug-likeness (QED) is 0.766. The van der Waals surface area contributed by atoms with Crippen LogP contribution in [-0.4, -0.2) is 36.5 Å². The van der Waals surface area contributed by atoms with Crippen LogP contribution in [-0.2, 0) is 6.42 Å². The Balaban J connectivity index is 1.63. The molecule has 1 saturated heterocycles. The second-order valence-electron chi connectivity index (χ2n) is 6.96. The molecule has 0 saturated carbocycles. The van der Waals surface area contributed by atoms with Crippen molar-refractivity contribution in [2.75, 3.05) is 19.6 Å². The Morgan fingerprint density at radius 1 is 0.889 bits per heavy atom. The molecule has 1 aliphatic heterocycles. The molecule has 3 nitrogen and oxygen atoms in total. The van der Waals surface area contributed by atoms with Gasteiger partial charge in [0.15, 0.2) is 0 Å². The van der Waals surface area contributed by atoms with E-state index >= 15 is 0 Å². The number of nitrogens with one attached hydrogen (secondary N) is 1. The molecule has 3 aromatic rings. The molecule has 1 N–H and O–H groups in total. The zero-order chi connectivity index (χ0) is 18.5. The summed E-state index contributed by atoms with van der Waals surface area (Å²) >= 11 is 0. The van der Waals surface area contributed by atoms with E-state index in [1.165, 1.54) is 5.56 Å². The van der Waals surface area contributed by atoms with Crippen molar-refractivity contribution in [3.63, 3.8) is 0 Å². The molecule has 0 spiro atoms. The molecular weight excluding hydrogens is 332 g/mol. The van der Waals surface area contributed by atoms with Crippen LogP contribution in [0.2, 0.25) is 0 Å². The number of piperazine rings is 1. The highest BCUT2D eigenvalue weighted by molar-refractivity contribution is 6.01. The Morgan fingerprint density at radius 3 is 2.33 bits per heavy atom. The van der Waals surface area contributed by atoms with Gasteiger partial charge in [0.05, 0.1) is 0 Å². The van der Waals surface area contributed by atoms with E-state index in [1.807, 2.05) is 53.4 Å². The lowest BCUT2D eigenvalue weighted by Crippen LogP contribution is -2.54. The minimum atomic E-state index is 0.122. The average molecular weight is 356 g/mol. The van der Waals surface area contributed by atoms with Gasteiger partial charge >= 0.3 is 0 Å². The molecule has 4 rings (SSSR count). The zero-order valence-electron chi connectivity index (χ0n) is 15.3. The fourth-order valence-electron chi connectivity index (χ4n) is 3.79. The summed E-state index contributed by atoms with van der Waals surface area (Å²) in [7, 11) is 0. The lowest BCUT2D eigenvalue weighted by Gasteiger charge is -2.37. The van der Waals surface area contributed by atoms with Crippen molar-refractivity contribution in [3.05, 3.63) is 96.1 Å². The number of carbonyl (C=O) groups is 1. The van der Waals surface area contributed by atoms with Gasteiger partial charge in [-0.3, -0.25) is 4.79 Å². The van der Waals surface area contributed by atoms with E-state index in [9.17, 15) is 4.79 Å². The molecule has 27 heavy (non-hydrogen) atoms. The zero-order valence-corrected chi connectivity index (χ0v) is 15.3. The monoisotopic (exact) mass is 356 g/mol. The van der Waals surface area contributed by atoms with Crippen LogP contribution >= 0.6 is 0 Å². The molecule has 3 heteroatoms. The van der Waals surface area contributed by atoms with Gasteiger partial charge in [0, 0.05) is 31.2 Å². The van der Waals surface area contributed by atoms with Gasteiger partial charge in [0.1, 0.15) is 0 Å². The summed E-state index contributed by atoms with van der Waals surface area (Å²) in [6.45, 7) is 2.40. The van der Waals surface area contributed by atoms with Crippen molar-refractivity contribution in [1.82, 2.24) is 10.2 Å². The highest BCUT2D eigenvalue weighted by Crippen LogP contribution is 2.26. The first-order valence-electron chi connectivity index (χ1n) is 9.53. The van der Waals surface area contributed by atoms with Crippen LogP contribution in [0.1, 0.15) is 15.9 Å². The minimum absolute atomic E-state index is 0.122. The predicted octanol–water partition coefficient (Wildman–Crippen LogP) is 4.01. The SMILES string of the molecule is O=C(c1ccccc1-c1ccccc1)N1CCNCC1Cc1ccccc1. The van der Waals surface area contributed by atoms with E-state index in [4.69, 9.17) is 0 Å². The Kier molecular flexibility index (Phi) is 5.31. The summed E-state index contributed by atoms with van der Waals surface area (Å²) in [5.74, 6) is 0.122. The standard InChI is InChI=1S/C24H24N2O/c27-24(23-14-8-7-13-22(23)20-11-5-2-6-12-20)26-16-15-25-18-21(26)17-19-9-3-1-4-10-19/h1-14,21,25H,15-18H2. The smallest absolute Gasteiger partial charge is 0.254 e. The number of benzene rings is 3. The van der Waals surface area contributed by atoms with Gasteiger partial charge in [0.25, 0.3) is 5.91 Å². The van der Waals surface area contributed by atoms with Crippen LogP contribution in [0.25, 0.3) is 11.1 Å². The van der Waals surface area contributed by atoms with Crippen LogP contribution in [0.15, 0.2) is 84.9 Å². The maximum absolute atomic E-state index is 13.5. The predicted molar refractivity (Wildman–Crippen MR) is 110 cm³/mol. The first-order valence-corrected chi connectivity index (χ1v) is 9.53. The molecule has 0 aliphatic carbocycles. The first kappa shape index (κ1) is 17.5. The van der Waals surface area contributed by atoms with Crippen molar-refractivity contribution in [2.24, 2.45) is 0 Å². The molecule has 0 bridgehead atoms. The van der Waals surface area contributed by atoms with Crippen molar-refractivity contribution in [3.8, 4) is 11.1 Å². The molecular formula is C24H24N2O. The summed E-state index contributed by atoms with van der Waals surface area (Å²) in [5, 5.41) is 3.44. The van der Waals surface area contributed by atoms with E-state index < -0.39 is 0 Å². The second-order valence-corrected chi connectivity index (χ2v) is 6.96. The summed E-state index contributed by atoms with van der Waals surface area (Å²) < 4.78 is 0. The Labute approximate surface area is 160 Å². The van der Waals surface area contributed by atoms with Crippen molar-refractivity contribution >= 4 is 5.91 Å². The summed E-state index contributed by atoms with van der Waals surface area (Å²) in [6, 6.07) is 28.7. The van der Waals surface area contributed by atoms with Crippen molar-refractivity contribution < 1.29 is 4.79 Å². The summed E-state index contributed by atoms with van der Waals surface area (Å²) in [4.78, 5) is 15.5. The van der Waals surface area contributed by atoms with Crippen LogP contribution in [0, 0.1) is 0 Å². The van der Waals surface area contributed by atoms with E-state index in [0.717, 1.165) is 42.7 Å². The van der Waals surface area contributed by atoms with Crippen molar-refractivity contribution in [1.29, 1.82) is 0 Å². The molecule has 1 unspecified atom stereocenters. The lowest BCUT2D eigenvalue weighted by molar-refractivity contribution is 0.0637. The maximum atomic E-state index is 13.5. The van der Waals surface area contributed by atoms with Gasteiger partial charge in [-0.2, -0.15) is 0 Å². The Bertz CT molecular complexity index is 893. The van der Waals surface area contributed by atoms with E-state index in [0.29, 0.717) is 0 Å². The number of hydrogen-bond donors (Lipinski definition) is 1. The fourth-order valence-corrected chi connectivity index (χ4v) is 3.79. The largest absolute Gasteiger partial charge is 0.333 e. The maximum Gasteiger partial charge on any atom is 0.254 e. The van der Waals surface area contributed by atoms with Gasteiger partial charge in [-0.05, 0) is 29.2 Å². The molecule has 1 amide bonds. The molecule has 1 aliphatic rings. The van der Waals surface area contributed by atoms with Crippen molar-refractivity contribution in [2.45, 2.75) is 12.5 Å². The Morgan fingerprint density at radius 2 is 1.56 bits per heavy atom. The van der Waals surface area contributed by atoms with E-state index in [1.54, 1.807) is 0 Å². The summed E-state index contributed by atoms with van der Waals surface area (Å²) in [5.41, 5.74) is 4.13. The Hall–Kier alpha value is -2.91. The van der Waals surface area contributed by atoms with E-state index in [2.05, 4.69) is 41.7 Å². The van der Waals surface area contributed by atoms with Crippen LogP contribution in [0.3, 0.4) is 0 Å². The van der Waals surface area contributed by atoms with Gasteiger partial charge < -0.3 is 10.2 Å². The number of rotatable bonds is 4. The number of hydrogen-bond acceptors (Lipinski definition) is 2. The van der Waals surface area contributed by atoms with Crippen LogP contribution < -0.4 is 5.32 Å². The third-order valence-electron chi connectivity index (χ3n) is 5.17. The molecule has 1 fully saturated rings. The third kappa shape index (κ3) is 3.93. The topological polar surface area (TPSA) is 32.3 Å². The summed E-state index contributed by atoms with van der Waals surface area (Å²) in [6.07, 6.45) is 0.868. The second kappa shape index (κ2) is 8.19. The lowest BCUT2D eigenvalue weighted by atomic mass is 9.97. The molecule has 1 atom stereocenters. The molecule has 136 valence electrons. The molecule has 0 radical (unpaired) electrons.